The van der Waals surface area contributed by atoms with Gasteiger partial charge >= 0.3 is 5.97 Å². The van der Waals surface area contributed by atoms with Crippen LogP contribution in [-0.4, -0.2) is 20.6 Å². The van der Waals surface area contributed by atoms with E-state index in [0.29, 0.717) is 11.4 Å². The standard InChI is InChI=1S/C14H16ClN3O2/c1-9-17-6-7-18(9)13-4-2-10(8-11(13)15)12(16)3-5-14(19)20/h2,4,6-8,12H,3,5,16H2,1H3,(H,19,20). The molecule has 1 heterocycles. The number of hydrogen-bond donors (Lipinski definition) is 2. The molecular formula is C14H16ClN3O2. The van der Waals surface area contributed by atoms with Crippen molar-refractivity contribution in [3.05, 3.63) is 47.0 Å². The van der Waals surface area contributed by atoms with Gasteiger partial charge in [-0.1, -0.05) is 17.7 Å². The minimum absolute atomic E-state index is 0.0428. The van der Waals surface area contributed by atoms with Crippen LogP contribution in [0.15, 0.2) is 30.6 Å². The SMILES string of the molecule is Cc1nccn1-c1ccc(C(N)CCC(=O)O)cc1Cl. The maximum atomic E-state index is 10.6. The van der Waals surface area contributed by atoms with E-state index in [1.54, 1.807) is 12.3 Å². The Morgan fingerprint density at radius 1 is 1.55 bits per heavy atom. The fraction of sp³-hybridized carbons (Fsp3) is 0.286. The van der Waals surface area contributed by atoms with Gasteiger partial charge in [0.15, 0.2) is 0 Å². The number of benzene rings is 1. The van der Waals surface area contributed by atoms with Crippen LogP contribution in [0.2, 0.25) is 5.02 Å². The van der Waals surface area contributed by atoms with Crippen LogP contribution in [0.5, 0.6) is 0 Å². The highest BCUT2D eigenvalue weighted by atomic mass is 35.5. The number of nitrogens with zero attached hydrogens (tertiary/aromatic N) is 2. The molecule has 106 valence electrons. The molecule has 0 saturated carbocycles. The zero-order valence-corrected chi connectivity index (χ0v) is 11.8. The van der Waals surface area contributed by atoms with Gasteiger partial charge in [-0.3, -0.25) is 4.79 Å². The number of carbonyl (C=O) groups is 1. The summed E-state index contributed by atoms with van der Waals surface area (Å²) in [7, 11) is 0. The zero-order valence-electron chi connectivity index (χ0n) is 11.1. The van der Waals surface area contributed by atoms with E-state index in [1.807, 2.05) is 29.8 Å². The first-order chi connectivity index (χ1) is 9.49. The van der Waals surface area contributed by atoms with E-state index in [2.05, 4.69) is 4.98 Å². The number of carboxylic acid groups (broad SMARTS) is 1. The number of aliphatic carboxylic acids is 1. The molecule has 5 nitrogen and oxygen atoms in total. The van der Waals surface area contributed by atoms with E-state index in [4.69, 9.17) is 22.4 Å². The van der Waals surface area contributed by atoms with Gasteiger partial charge < -0.3 is 15.4 Å². The summed E-state index contributed by atoms with van der Waals surface area (Å²) < 4.78 is 1.88. The fourth-order valence-electron chi connectivity index (χ4n) is 2.03. The molecule has 0 aliphatic rings. The predicted octanol–water partition coefficient (Wildman–Crippen LogP) is 2.70. The minimum Gasteiger partial charge on any atom is -0.481 e. The average molecular weight is 294 g/mol. The number of carboxylic acids is 1. The molecule has 0 aliphatic heterocycles. The Bertz CT molecular complexity index is 625. The highest BCUT2D eigenvalue weighted by molar-refractivity contribution is 6.32. The molecule has 0 fully saturated rings. The third-order valence-corrected chi connectivity index (χ3v) is 3.46. The van der Waals surface area contributed by atoms with Gasteiger partial charge in [0.1, 0.15) is 5.82 Å². The quantitative estimate of drug-likeness (QED) is 0.888. The van der Waals surface area contributed by atoms with Crippen LogP contribution in [0.1, 0.15) is 30.3 Å². The molecule has 0 amide bonds. The smallest absolute Gasteiger partial charge is 0.303 e. The normalized spacial score (nSPS) is 12.3. The Balaban J connectivity index is 2.22. The lowest BCUT2D eigenvalue weighted by atomic mass is 10.0. The number of nitrogens with two attached hydrogens (primary N) is 1. The molecule has 1 unspecified atom stereocenters. The van der Waals surface area contributed by atoms with Crippen molar-refractivity contribution in [1.82, 2.24) is 9.55 Å². The molecule has 2 aromatic rings. The first kappa shape index (κ1) is 14.6. The number of halogens is 1. The molecule has 3 N–H and O–H groups in total. The van der Waals surface area contributed by atoms with Crippen molar-refractivity contribution >= 4 is 17.6 Å². The summed E-state index contributed by atoms with van der Waals surface area (Å²) in [6.07, 6.45) is 3.97. The molecule has 1 aromatic heterocycles. The van der Waals surface area contributed by atoms with Crippen LogP contribution in [0.25, 0.3) is 5.69 Å². The predicted molar refractivity (Wildman–Crippen MR) is 77.1 cm³/mol. The molecule has 6 heteroatoms. The summed E-state index contributed by atoms with van der Waals surface area (Å²) >= 11 is 6.28. The van der Waals surface area contributed by atoms with Crippen molar-refractivity contribution in [2.75, 3.05) is 0 Å². The monoisotopic (exact) mass is 293 g/mol. The molecule has 1 atom stereocenters. The Morgan fingerprint density at radius 3 is 2.85 bits per heavy atom. The van der Waals surface area contributed by atoms with Gasteiger partial charge in [-0.05, 0) is 31.0 Å². The van der Waals surface area contributed by atoms with Gasteiger partial charge in [-0.2, -0.15) is 0 Å². The maximum absolute atomic E-state index is 10.6. The summed E-state index contributed by atoms with van der Waals surface area (Å²) in [5.41, 5.74) is 7.63. The number of hydrogen-bond acceptors (Lipinski definition) is 3. The molecule has 2 rings (SSSR count). The zero-order chi connectivity index (χ0) is 14.7. The molecule has 20 heavy (non-hydrogen) atoms. The van der Waals surface area contributed by atoms with E-state index in [1.165, 1.54) is 0 Å². The van der Waals surface area contributed by atoms with Gasteiger partial charge in [0.05, 0.1) is 10.7 Å². The van der Waals surface area contributed by atoms with Crippen molar-refractivity contribution in [3.63, 3.8) is 0 Å². The van der Waals surface area contributed by atoms with Gasteiger partial charge in [-0.15, -0.1) is 0 Å². The molecule has 0 radical (unpaired) electrons. The number of imidazole rings is 1. The first-order valence-corrected chi connectivity index (χ1v) is 6.64. The molecule has 1 aromatic carbocycles. The number of aryl methyl sites for hydroxylation is 1. The largest absolute Gasteiger partial charge is 0.481 e. The van der Waals surface area contributed by atoms with Crippen molar-refractivity contribution < 1.29 is 9.90 Å². The van der Waals surface area contributed by atoms with Crippen LogP contribution in [0.3, 0.4) is 0 Å². The van der Waals surface area contributed by atoms with Crippen LogP contribution in [-0.2, 0) is 4.79 Å². The van der Waals surface area contributed by atoms with Crippen molar-refractivity contribution in [3.8, 4) is 5.69 Å². The highest BCUT2D eigenvalue weighted by Crippen LogP contribution is 2.26. The van der Waals surface area contributed by atoms with Crippen LogP contribution >= 0.6 is 11.6 Å². The molecule has 0 spiro atoms. The molecular weight excluding hydrogens is 278 g/mol. The summed E-state index contributed by atoms with van der Waals surface area (Å²) in [6, 6.07) is 5.18. The van der Waals surface area contributed by atoms with Gasteiger partial charge in [0, 0.05) is 24.9 Å². The second-order valence-corrected chi connectivity index (χ2v) is 5.00. The lowest BCUT2D eigenvalue weighted by Gasteiger charge is -2.14. The van der Waals surface area contributed by atoms with Crippen molar-refractivity contribution in [1.29, 1.82) is 0 Å². The third-order valence-electron chi connectivity index (χ3n) is 3.15. The fourth-order valence-corrected chi connectivity index (χ4v) is 2.31. The van der Waals surface area contributed by atoms with E-state index < -0.39 is 5.97 Å². The van der Waals surface area contributed by atoms with E-state index in [0.717, 1.165) is 17.1 Å². The maximum Gasteiger partial charge on any atom is 0.303 e. The Kier molecular flexibility index (Phi) is 4.42. The summed E-state index contributed by atoms with van der Waals surface area (Å²) in [6.45, 7) is 1.89. The van der Waals surface area contributed by atoms with Crippen LogP contribution in [0.4, 0.5) is 0 Å². The van der Waals surface area contributed by atoms with E-state index >= 15 is 0 Å². The highest BCUT2D eigenvalue weighted by Gasteiger charge is 2.12. The van der Waals surface area contributed by atoms with Gasteiger partial charge in [0.2, 0.25) is 0 Å². The molecule has 0 bridgehead atoms. The van der Waals surface area contributed by atoms with Crippen LogP contribution < -0.4 is 5.73 Å². The minimum atomic E-state index is -0.850. The van der Waals surface area contributed by atoms with E-state index in [9.17, 15) is 4.79 Å². The third kappa shape index (κ3) is 3.18. The van der Waals surface area contributed by atoms with Crippen molar-refractivity contribution in [2.45, 2.75) is 25.8 Å². The Labute approximate surface area is 122 Å². The summed E-state index contributed by atoms with van der Waals surface area (Å²) in [4.78, 5) is 14.7. The van der Waals surface area contributed by atoms with Gasteiger partial charge in [0.25, 0.3) is 0 Å². The van der Waals surface area contributed by atoms with E-state index in [-0.39, 0.29) is 12.5 Å². The average Bonchev–Trinajstić information content (AvgIpc) is 2.82. The second-order valence-electron chi connectivity index (χ2n) is 4.59. The van der Waals surface area contributed by atoms with Gasteiger partial charge in [-0.25, -0.2) is 4.98 Å². The second kappa shape index (κ2) is 6.07. The summed E-state index contributed by atoms with van der Waals surface area (Å²) in [5.74, 6) is -0.00738. The lowest BCUT2D eigenvalue weighted by Crippen LogP contribution is -2.12. The topological polar surface area (TPSA) is 81.1 Å². The van der Waals surface area contributed by atoms with Crippen molar-refractivity contribution in [2.24, 2.45) is 5.73 Å². The number of rotatable bonds is 5. The summed E-state index contributed by atoms with van der Waals surface area (Å²) in [5, 5.41) is 9.24. The van der Waals surface area contributed by atoms with Crippen LogP contribution in [0, 0.1) is 6.92 Å². The Morgan fingerprint density at radius 2 is 2.30 bits per heavy atom. The molecule has 0 saturated heterocycles. The lowest BCUT2D eigenvalue weighted by molar-refractivity contribution is -0.137. The number of aromatic nitrogens is 2. The first-order valence-electron chi connectivity index (χ1n) is 6.26. The Hall–Kier alpha value is -1.85. The molecule has 0 aliphatic carbocycles.